The highest BCUT2D eigenvalue weighted by Crippen LogP contribution is 2.38. The molecule has 0 unspecified atom stereocenters. The molecule has 0 amide bonds. The summed E-state index contributed by atoms with van der Waals surface area (Å²) in [5.74, 6) is 1.90. The van der Waals surface area contributed by atoms with Crippen molar-refractivity contribution in [1.82, 2.24) is 0 Å². The van der Waals surface area contributed by atoms with E-state index in [1.165, 1.54) is 6.08 Å². The molecule has 164 valence electrons. The van der Waals surface area contributed by atoms with Gasteiger partial charge in [-0.3, -0.25) is 0 Å². The minimum atomic E-state index is -0.340. The second-order valence-electron chi connectivity index (χ2n) is 7.38. The number of ether oxygens (including phenoxy) is 4. The lowest BCUT2D eigenvalue weighted by atomic mass is 10.0. The number of benzene rings is 3. The molecule has 5 nitrogen and oxygen atoms in total. The largest absolute Gasteiger partial charge is 0.488 e. The van der Waals surface area contributed by atoms with Crippen LogP contribution in [-0.4, -0.2) is 25.8 Å². The fourth-order valence-electron chi connectivity index (χ4n) is 3.44. The Bertz CT molecular complexity index is 1070. The molecule has 1 aliphatic heterocycles. The monoisotopic (exact) mass is 430 g/mol. The lowest BCUT2D eigenvalue weighted by molar-refractivity contribution is -0.137. The Kier molecular flexibility index (Phi) is 7.08. The van der Waals surface area contributed by atoms with Gasteiger partial charge in [0.2, 0.25) is 0 Å². The number of carbonyl (C=O) groups excluding carboxylic acids is 1. The highest BCUT2D eigenvalue weighted by atomic mass is 16.6. The summed E-state index contributed by atoms with van der Waals surface area (Å²) in [6, 6.07) is 22.0. The summed E-state index contributed by atoms with van der Waals surface area (Å²) in [7, 11) is 0. The van der Waals surface area contributed by atoms with Gasteiger partial charge in [0, 0.05) is 24.1 Å². The molecule has 0 N–H and O–H groups in total. The standard InChI is InChI=1S/C27H26O5/c1-2-29-27(28)13-12-20-8-10-21(11-9-20)16-23-17-25-26(31-15-14-30-25)18-24(23)32-19-22-6-4-3-5-7-22/h3-13,17-18H,2,14-16,19H2,1H3/b13-12+. The van der Waals surface area contributed by atoms with E-state index in [2.05, 4.69) is 0 Å². The maximum Gasteiger partial charge on any atom is 0.330 e. The first-order valence-electron chi connectivity index (χ1n) is 10.7. The van der Waals surface area contributed by atoms with Crippen molar-refractivity contribution in [3.63, 3.8) is 0 Å². The highest BCUT2D eigenvalue weighted by Gasteiger charge is 2.17. The van der Waals surface area contributed by atoms with E-state index in [-0.39, 0.29) is 5.97 Å². The molecule has 0 fully saturated rings. The van der Waals surface area contributed by atoms with Gasteiger partial charge < -0.3 is 18.9 Å². The van der Waals surface area contributed by atoms with Gasteiger partial charge in [-0.05, 0) is 35.8 Å². The van der Waals surface area contributed by atoms with Crippen LogP contribution in [-0.2, 0) is 22.6 Å². The molecule has 5 heteroatoms. The molecule has 0 radical (unpaired) electrons. The van der Waals surface area contributed by atoms with Crippen molar-refractivity contribution < 1.29 is 23.7 Å². The van der Waals surface area contributed by atoms with E-state index < -0.39 is 0 Å². The minimum Gasteiger partial charge on any atom is -0.488 e. The summed E-state index contributed by atoms with van der Waals surface area (Å²) in [4.78, 5) is 11.5. The van der Waals surface area contributed by atoms with Gasteiger partial charge >= 0.3 is 5.97 Å². The van der Waals surface area contributed by atoms with Gasteiger partial charge in [0.05, 0.1) is 6.61 Å². The molecule has 0 aromatic heterocycles. The number of hydrogen-bond acceptors (Lipinski definition) is 5. The molecule has 1 aliphatic rings. The van der Waals surface area contributed by atoms with Crippen LogP contribution >= 0.6 is 0 Å². The van der Waals surface area contributed by atoms with E-state index in [9.17, 15) is 4.79 Å². The maximum atomic E-state index is 11.5. The lowest BCUT2D eigenvalue weighted by Crippen LogP contribution is -2.16. The van der Waals surface area contributed by atoms with Crippen molar-refractivity contribution >= 4 is 12.0 Å². The van der Waals surface area contributed by atoms with Crippen LogP contribution < -0.4 is 14.2 Å². The van der Waals surface area contributed by atoms with Crippen molar-refractivity contribution in [2.45, 2.75) is 20.0 Å². The first-order valence-corrected chi connectivity index (χ1v) is 10.7. The molecule has 0 saturated carbocycles. The van der Waals surface area contributed by atoms with E-state index in [1.807, 2.05) is 66.7 Å². The molecule has 1 heterocycles. The van der Waals surface area contributed by atoms with Crippen LogP contribution in [0.15, 0.2) is 72.8 Å². The number of carbonyl (C=O) groups is 1. The Hall–Kier alpha value is -3.73. The third-order valence-corrected chi connectivity index (χ3v) is 5.04. The van der Waals surface area contributed by atoms with Gasteiger partial charge in [-0.1, -0.05) is 54.6 Å². The topological polar surface area (TPSA) is 54.0 Å². The molecule has 0 bridgehead atoms. The zero-order valence-electron chi connectivity index (χ0n) is 18.1. The van der Waals surface area contributed by atoms with Gasteiger partial charge in [-0.2, -0.15) is 0 Å². The van der Waals surface area contributed by atoms with Gasteiger partial charge in [0.15, 0.2) is 11.5 Å². The molecule has 0 saturated heterocycles. The van der Waals surface area contributed by atoms with E-state index in [0.29, 0.717) is 38.6 Å². The van der Waals surface area contributed by atoms with Crippen LogP contribution in [0.4, 0.5) is 0 Å². The van der Waals surface area contributed by atoms with Crippen molar-refractivity contribution in [1.29, 1.82) is 0 Å². The van der Waals surface area contributed by atoms with Crippen molar-refractivity contribution in [2.75, 3.05) is 19.8 Å². The number of rotatable bonds is 8. The van der Waals surface area contributed by atoms with Gasteiger partial charge in [-0.25, -0.2) is 4.79 Å². The zero-order chi connectivity index (χ0) is 22.2. The van der Waals surface area contributed by atoms with E-state index in [1.54, 1.807) is 13.0 Å². The summed E-state index contributed by atoms with van der Waals surface area (Å²) in [5, 5.41) is 0. The molecule has 4 rings (SSSR count). The third-order valence-electron chi connectivity index (χ3n) is 5.04. The van der Waals surface area contributed by atoms with Gasteiger partial charge in [0.25, 0.3) is 0 Å². The molecule has 0 atom stereocenters. The molecular weight excluding hydrogens is 404 g/mol. The Labute approximate surface area is 188 Å². The summed E-state index contributed by atoms with van der Waals surface area (Å²) < 4.78 is 22.6. The summed E-state index contributed by atoms with van der Waals surface area (Å²) in [6.45, 7) is 3.71. The SMILES string of the molecule is CCOC(=O)/C=C/c1ccc(Cc2cc3c(cc2OCc2ccccc2)OCCO3)cc1. The van der Waals surface area contributed by atoms with Crippen LogP contribution in [0.2, 0.25) is 0 Å². The third kappa shape index (κ3) is 5.70. The number of hydrogen-bond donors (Lipinski definition) is 0. The first-order chi connectivity index (χ1) is 15.7. The van der Waals surface area contributed by atoms with Crippen molar-refractivity contribution in [2.24, 2.45) is 0 Å². The Morgan fingerprint density at radius 2 is 1.66 bits per heavy atom. The normalized spacial score (nSPS) is 12.5. The molecule has 3 aromatic carbocycles. The molecule has 0 spiro atoms. The fraction of sp³-hybridized carbons (Fsp3) is 0.222. The van der Waals surface area contributed by atoms with E-state index in [0.717, 1.165) is 33.8 Å². The van der Waals surface area contributed by atoms with Crippen LogP contribution in [0, 0.1) is 0 Å². The van der Waals surface area contributed by atoms with Crippen molar-refractivity contribution in [3.05, 3.63) is 95.1 Å². The fourth-order valence-corrected chi connectivity index (χ4v) is 3.44. The quantitative estimate of drug-likeness (QED) is 0.363. The van der Waals surface area contributed by atoms with Crippen LogP contribution in [0.25, 0.3) is 6.08 Å². The molecule has 3 aromatic rings. The minimum absolute atomic E-state index is 0.340. The van der Waals surface area contributed by atoms with Crippen LogP contribution in [0.3, 0.4) is 0 Å². The van der Waals surface area contributed by atoms with Crippen LogP contribution in [0.5, 0.6) is 17.2 Å². The predicted molar refractivity (Wildman–Crippen MR) is 123 cm³/mol. The smallest absolute Gasteiger partial charge is 0.330 e. The second kappa shape index (κ2) is 10.5. The maximum absolute atomic E-state index is 11.5. The average molecular weight is 431 g/mol. The average Bonchev–Trinajstić information content (AvgIpc) is 2.83. The summed E-state index contributed by atoms with van der Waals surface area (Å²) in [6.07, 6.45) is 3.87. The Morgan fingerprint density at radius 3 is 2.38 bits per heavy atom. The summed E-state index contributed by atoms with van der Waals surface area (Å²) >= 11 is 0. The second-order valence-corrected chi connectivity index (χ2v) is 7.38. The van der Waals surface area contributed by atoms with E-state index >= 15 is 0 Å². The van der Waals surface area contributed by atoms with Crippen molar-refractivity contribution in [3.8, 4) is 17.2 Å². The lowest BCUT2D eigenvalue weighted by Gasteiger charge is -2.21. The molecule has 0 aliphatic carbocycles. The number of fused-ring (bicyclic) bond motifs is 1. The zero-order valence-corrected chi connectivity index (χ0v) is 18.1. The molecular formula is C27H26O5. The first kappa shape index (κ1) is 21.5. The molecule has 32 heavy (non-hydrogen) atoms. The van der Waals surface area contributed by atoms with Crippen LogP contribution in [0.1, 0.15) is 29.2 Å². The highest BCUT2D eigenvalue weighted by molar-refractivity contribution is 5.87. The van der Waals surface area contributed by atoms with E-state index in [4.69, 9.17) is 18.9 Å². The van der Waals surface area contributed by atoms with Gasteiger partial charge in [0.1, 0.15) is 25.6 Å². The number of esters is 1. The Morgan fingerprint density at radius 1 is 0.938 bits per heavy atom. The summed E-state index contributed by atoms with van der Waals surface area (Å²) in [5.41, 5.74) is 4.19. The van der Waals surface area contributed by atoms with Gasteiger partial charge in [-0.15, -0.1) is 0 Å². The Balaban J connectivity index is 1.52. The predicted octanol–water partition coefficient (Wildman–Crippen LogP) is 5.20.